The molecule has 12 heteroatoms. The van der Waals surface area contributed by atoms with Crippen LogP contribution in [0.5, 0.6) is 11.6 Å². The maximum Gasteiger partial charge on any atom is 0.413 e. The first-order valence-electron chi connectivity index (χ1n) is 13.6. The van der Waals surface area contributed by atoms with Crippen LogP contribution in [0.25, 0.3) is 22.4 Å². The van der Waals surface area contributed by atoms with Gasteiger partial charge in [0, 0.05) is 18.8 Å². The smallest absolute Gasteiger partial charge is 0.413 e. The Hall–Kier alpha value is -5.65. The number of carbonyl (C=O) groups is 2. The van der Waals surface area contributed by atoms with Crippen LogP contribution < -0.4 is 10.1 Å². The number of pyridine rings is 1. The Morgan fingerprint density at radius 1 is 0.932 bits per heavy atom. The molecule has 2 heterocycles. The van der Waals surface area contributed by atoms with Gasteiger partial charge < -0.3 is 14.2 Å². The molecule has 1 N–H and O–H groups in total. The fourth-order valence-corrected chi connectivity index (χ4v) is 4.35. The maximum absolute atomic E-state index is 15.1. The van der Waals surface area contributed by atoms with Gasteiger partial charge in [0.05, 0.1) is 6.61 Å². The highest BCUT2D eigenvalue weighted by Gasteiger charge is 2.21. The molecule has 0 radical (unpaired) electrons. The molecule has 3 aromatic carbocycles. The summed E-state index contributed by atoms with van der Waals surface area (Å²) < 4.78 is 47.4. The molecule has 0 spiro atoms. The topological polar surface area (TPSA) is 117 Å². The van der Waals surface area contributed by atoms with Gasteiger partial charge in [-0.2, -0.15) is 0 Å². The van der Waals surface area contributed by atoms with Gasteiger partial charge in [-0.1, -0.05) is 59.8 Å². The Morgan fingerprint density at radius 3 is 2.30 bits per heavy atom. The third-order valence-electron chi connectivity index (χ3n) is 6.56. The van der Waals surface area contributed by atoms with E-state index in [1.165, 1.54) is 23.0 Å². The van der Waals surface area contributed by atoms with Crippen LogP contribution in [0, 0.1) is 11.6 Å². The number of esters is 1. The minimum absolute atomic E-state index is 0.0651. The lowest BCUT2D eigenvalue weighted by Gasteiger charge is -2.14. The van der Waals surface area contributed by atoms with E-state index in [1.54, 1.807) is 45.2 Å². The van der Waals surface area contributed by atoms with E-state index in [0.29, 0.717) is 22.6 Å². The summed E-state index contributed by atoms with van der Waals surface area (Å²) in [5.74, 6) is -3.40. The van der Waals surface area contributed by atoms with Crippen molar-refractivity contribution < 1.29 is 32.6 Å². The first-order valence-corrected chi connectivity index (χ1v) is 13.6. The molecule has 0 aliphatic rings. The molecule has 10 nitrogen and oxygen atoms in total. The summed E-state index contributed by atoms with van der Waals surface area (Å²) in [5.41, 5.74) is 2.48. The summed E-state index contributed by atoms with van der Waals surface area (Å²) in [5, 5.41) is 10.9. The molecule has 5 aromatic rings. The minimum Gasteiger partial charge on any atom is -0.462 e. The Bertz CT molecular complexity index is 1770. The summed E-state index contributed by atoms with van der Waals surface area (Å²) in [4.78, 5) is 28.8. The standard InChI is InChI=1S/C32H27F2N5O5/c1-4-42-31(40)24-11-8-16-35-30(24)44-28-25(33)17-23(18-26(28)34)21-12-14-22(15-13-21)27-29(39(3)38-37-27)36-32(41)43-19(2)20-9-6-5-7-10-20/h5-19H,4H2,1-3H3,(H,36,41)/t19-/m1/s1. The number of nitrogens with one attached hydrogen (secondary N) is 1. The zero-order chi connectivity index (χ0) is 31.2. The van der Waals surface area contributed by atoms with Crippen molar-refractivity contribution in [1.82, 2.24) is 20.0 Å². The summed E-state index contributed by atoms with van der Waals surface area (Å²) in [6, 6.07) is 21.1. The highest BCUT2D eigenvalue weighted by Crippen LogP contribution is 2.34. The second-order valence-electron chi connectivity index (χ2n) is 9.52. The number of benzene rings is 3. The fraction of sp³-hybridized carbons (Fsp3) is 0.156. The van der Waals surface area contributed by atoms with Crippen molar-refractivity contribution in [3.05, 3.63) is 108 Å². The fourth-order valence-electron chi connectivity index (χ4n) is 4.35. The number of aromatic nitrogens is 4. The second-order valence-corrected chi connectivity index (χ2v) is 9.52. The van der Waals surface area contributed by atoms with Crippen LogP contribution in [0.2, 0.25) is 0 Å². The third kappa shape index (κ3) is 6.54. The number of ether oxygens (including phenoxy) is 3. The van der Waals surface area contributed by atoms with E-state index in [2.05, 4.69) is 20.6 Å². The highest BCUT2D eigenvalue weighted by molar-refractivity contribution is 5.92. The van der Waals surface area contributed by atoms with Gasteiger partial charge in [-0.25, -0.2) is 28.0 Å². The van der Waals surface area contributed by atoms with Crippen LogP contribution in [0.3, 0.4) is 0 Å². The van der Waals surface area contributed by atoms with Crippen LogP contribution in [-0.4, -0.2) is 38.6 Å². The summed E-state index contributed by atoms with van der Waals surface area (Å²) in [7, 11) is 1.62. The normalized spacial score (nSPS) is 11.5. The Morgan fingerprint density at radius 2 is 1.61 bits per heavy atom. The van der Waals surface area contributed by atoms with Crippen molar-refractivity contribution >= 4 is 17.9 Å². The molecule has 1 amide bonds. The first-order chi connectivity index (χ1) is 21.2. The Labute approximate surface area is 251 Å². The molecule has 0 bridgehead atoms. The van der Waals surface area contributed by atoms with Crippen LogP contribution in [0.4, 0.5) is 19.4 Å². The van der Waals surface area contributed by atoms with Crippen molar-refractivity contribution in [1.29, 1.82) is 0 Å². The number of amides is 1. The average molecular weight is 600 g/mol. The summed E-state index contributed by atoms with van der Waals surface area (Å²) >= 11 is 0. The molecule has 1 atom stereocenters. The number of hydrogen-bond acceptors (Lipinski definition) is 8. The zero-order valence-electron chi connectivity index (χ0n) is 24.0. The maximum atomic E-state index is 15.1. The second kappa shape index (κ2) is 13.1. The molecule has 0 unspecified atom stereocenters. The van der Waals surface area contributed by atoms with Gasteiger partial charge in [-0.15, -0.1) is 5.10 Å². The van der Waals surface area contributed by atoms with Crippen molar-refractivity contribution in [3.8, 4) is 34.0 Å². The first kappa shape index (κ1) is 29.8. The molecule has 224 valence electrons. The van der Waals surface area contributed by atoms with E-state index in [1.807, 2.05) is 30.3 Å². The number of nitrogens with zero attached hydrogens (tertiary/aromatic N) is 4. The predicted molar refractivity (Wildman–Crippen MR) is 157 cm³/mol. The van der Waals surface area contributed by atoms with Gasteiger partial charge in [0.1, 0.15) is 17.4 Å². The molecule has 5 rings (SSSR count). The molecule has 0 aliphatic carbocycles. The van der Waals surface area contributed by atoms with Gasteiger partial charge >= 0.3 is 12.1 Å². The largest absolute Gasteiger partial charge is 0.462 e. The van der Waals surface area contributed by atoms with Crippen molar-refractivity contribution in [2.45, 2.75) is 20.0 Å². The van der Waals surface area contributed by atoms with E-state index < -0.39 is 35.6 Å². The van der Waals surface area contributed by atoms with Gasteiger partial charge in [-0.05, 0) is 54.8 Å². The third-order valence-corrected chi connectivity index (χ3v) is 6.56. The Balaban J connectivity index is 1.33. The molecule has 2 aromatic heterocycles. The number of carbonyl (C=O) groups excluding carboxylic acids is 2. The predicted octanol–water partition coefficient (Wildman–Crippen LogP) is 7.10. The lowest BCUT2D eigenvalue weighted by atomic mass is 10.0. The van der Waals surface area contributed by atoms with Crippen LogP contribution in [0.1, 0.15) is 35.9 Å². The van der Waals surface area contributed by atoms with Crippen molar-refractivity contribution in [2.24, 2.45) is 7.05 Å². The number of rotatable bonds is 9. The summed E-state index contributed by atoms with van der Waals surface area (Å²) in [6.45, 7) is 3.51. The van der Waals surface area contributed by atoms with Crippen LogP contribution >= 0.6 is 0 Å². The number of anilines is 1. The molecular weight excluding hydrogens is 572 g/mol. The summed E-state index contributed by atoms with van der Waals surface area (Å²) in [6.07, 6.45) is 0.162. The zero-order valence-corrected chi connectivity index (χ0v) is 24.0. The van der Waals surface area contributed by atoms with Gasteiger partial charge in [0.25, 0.3) is 0 Å². The van der Waals surface area contributed by atoms with E-state index in [-0.39, 0.29) is 23.6 Å². The SMILES string of the molecule is CCOC(=O)c1cccnc1Oc1c(F)cc(-c2ccc(-c3nnn(C)c3NC(=O)O[C@H](C)c3ccccc3)cc2)cc1F. The molecule has 0 fully saturated rings. The van der Waals surface area contributed by atoms with Crippen molar-refractivity contribution in [3.63, 3.8) is 0 Å². The van der Waals surface area contributed by atoms with Crippen molar-refractivity contribution in [2.75, 3.05) is 11.9 Å². The number of hydrogen-bond donors (Lipinski definition) is 1. The van der Waals surface area contributed by atoms with E-state index >= 15 is 8.78 Å². The number of halogens is 2. The average Bonchev–Trinajstić information content (AvgIpc) is 3.38. The molecule has 44 heavy (non-hydrogen) atoms. The van der Waals surface area contributed by atoms with E-state index in [4.69, 9.17) is 14.2 Å². The van der Waals surface area contributed by atoms with Gasteiger partial charge in [-0.3, -0.25) is 5.32 Å². The lowest BCUT2D eigenvalue weighted by molar-refractivity contribution is 0.0522. The Kier molecular flexibility index (Phi) is 8.89. The monoisotopic (exact) mass is 599 g/mol. The van der Waals surface area contributed by atoms with Gasteiger partial charge in [0.2, 0.25) is 11.6 Å². The minimum atomic E-state index is -0.992. The van der Waals surface area contributed by atoms with Crippen LogP contribution in [0.15, 0.2) is 85.1 Å². The molecule has 0 saturated heterocycles. The molecule has 0 aliphatic heterocycles. The quantitative estimate of drug-likeness (QED) is 0.178. The molecule has 0 saturated carbocycles. The van der Waals surface area contributed by atoms with E-state index in [0.717, 1.165) is 17.7 Å². The highest BCUT2D eigenvalue weighted by atomic mass is 19.1. The molecular formula is C32H27F2N5O5. The lowest BCUT2D eigenvalue weighted by Crippen LogP contribution is -2.18. The van der Waals surface area contributed by atoms with Gasteiger partial charge in [0.15, 0.2) is 17.5 Å². The number of aryl methyl sites for hydroxylation is 1. The van der Waals surface area contributed by atoms with Crippen LogP contribution in [-0.2, 0) is 16.5 Å². The van der Waals surface area contributed by atoms with E-state index in [9.17, 15) is 9.59 Å².